The van der Waals surface area contributed by atoms with Crippen molar-refractivity contribution in [1.82, 2.24) is 19.7 Å². The number of benzene rings is 1. The molecule has 6 heteroatoms. The van der Waals surface area contributed by atoms with Crippen molar-refractivity contribution in [2.45, 2.75) is 19.8 Å². The number of hydrogen-bond donors (Lipinski definition) is 1. The first-order valence-corrected chi connectivity index (χ1v) is 7.25. The molecule has 1 aromatic carbocycles. The van der Waals surface area contributed by atoms with Crippen LogP contribution in [0.5, 0.6) is 5.75 Å². The van der Waals surface area contributed by atoms with Gasteiger partial charge in [0.15, 0.2) is 5.52 Å². The minimum absolute atomic E-state index is 0.191. The molecule has 2 aromatic heterocycles. The van der Waals surface area contributed by atoms with Gasteiger partial charge in [0.25, 0.3) is 5.56 Å². The summed E-state index contributed by atoms with van der Waals surface area (Å²) in [6.45, 7) is 2.08. The lowest BCUT2D eigenvalue weighted by atomic mass is 10.1. The number of aromatic nitrogens is 4. The van der Waals surface area contributed by atoms with Gasteiger partial charge in [0.1, 0.15) is 17.1 Å². The first-order valence-electron chi connectivity index (χ1n) is 7.25. The third kappa shape index (κ3) is 2.26. The smallest absolute Gasteiger partial charge is 0.277 e. The van der Waals surface area contributed by atoms with Gasteiger partial charge in [-0.15, -0.1) is 0 Å². The molecule has 0 saturated heterocycles. The molecule has 0 amide bonds. The van der Waals surface area contributed by atoms with E-state index in [-0.39, 0.29) is 5.56 Å². The van der Waals surface area contributed by atoms with E-state index in [0.717, 1.165) is 24.1 Å². The summed E-state index contributed by atoms with van der Waals surface area (Å²) in [5.41, 5.74) is 2.58. The number of H-pyrrole nitrogens is 1. The molecule has 0 spiro atoms. The van der Waals surface area contributed by atoms with E-state index in [1.54, 1.807) is 18.8 Å². The van der Waals surface area contributed by atoms with E-state index in [1.807, 2.05) is 24.3 Å². The summed E-state index contributed by atoms with van der Waals surface area (Å²) in [5.74, 6) is 1.17. The van der Waals surface area contributed by atoms with Gasteiger partial charge in [-0.25, -0.2) is 4.98 Å². The van der Waals surface area contributed by atoms with Crippen molar-refractivity contribution in [2.75, 3.05) is 7.11 Å². The van der Waals surface area contributed by atoms with Crippen molar-refractivity contribution in [2.24, 2.45) is 7.05 Å². The maximum absolute atomic E-state index is 12.4. The largest absolute Gasteiger partial charge is 0.496 e. The van der Waals surface area contributed by atoms with Gasteiger partial charge < -0.3 is 9.72 Å². The van der Waals surface area contributed by atoms with Crippen molar-refractivity contribution in [1.29, 1.82) is 0 Å². The summed E-state index contributed by atoms with van der Waals surface area (Å²) in [4.78, 5) is 19.9. The molecule has 114 valence electrons. The highest BCUT2D eigenvalue weighted by atomic mass is 16.5. The van der Waals surface area contributed by atoms with E-state index in [9.17, 15) is 4.79 Å². The highest BCUT2D eigenvalue weighted by molar-refractivity contribution is 5.79. The highest BCUT2D eigenvalue weighted by Gasteiger charge is 2.16. The first-order chi connectivity index (χ1) is 10.7. The number of hydrogen-bond acceptors (Lipinski definition) is 4. The van der Waals surface area contributed by atoms with Gasteiger partial charge in [-0.3, -0.25) is 9.48 Å². The van der Waals surface area contributed by atoms with Crippen LogP contribution in [-0.4, -0.2) is 26.9 Å². The molecule has 0 aliphatic rings. The predicted molar refractivity (Wildman–Crippen MR) is 85.1 cm³/mol. The van der Waals surface area contributed by atoms with Gasteiger partial charge in [-0.1, -0.05) is 25.5 Å². The van der Waals surface area contributed by atoms with Crippen LogP contribution >= 0.6 is 0 Å². The Balaban J connectivity index is 2.28. The zero-order valence-electron chi connectivity index (χ0n) is 12.9. The second-order valence-corrected chi connectivity index (χ2v) is 5.13. The summed E-state index contributed by atoms with van der Waals surface area (Å²) in [7, 11) is 3.36. The molecule has 0 bridgehead atoms. The summed E-state index contributed by atoms with van der Waals surface area (Å²) in [6, 6.07) is 7.48. The Labute approximate surface area is 127 Å². The van der Waals surface area contributed by atoms with Crippen LogP contribution < -0.4 is 10.3 Å². The molecule has 2 heterocycles. The number of para-hydroxylation sites is 1. The average Bonchev–Trinajstić information content (AvgIpc) is 2.84. The summed E-state index contributed by atoms with van der Waals surface area (Å²) in [5, 5.41) is 4.42. The van der Waals surface area contributed by atoms with E-state index >= 15 is 0 Å². The Kier molecular flexibility index (Phi) is 3.66. The van der Waals surface area contributed by atoms with Crippen LogP contribution in [0.3, 0.4) is 0 Å². The van der Waals surface area contributed by atoms with Crippen molar-refractivity contribution >= 4 is 11.0 Å². The van der Waals surface area contributed by atoms with Gasteiger partial charge in [0, 0.05) is 7.05 Å². The van der Waals surface area contributed by atoms with Gasteiger partial charge >= 0.3 is 0 Å². The van der Waals surface area contributed by atoms with Gasteiger partial charge in [-0.05, 0) is 18.6 Å². The minimum Gasteiger partial charge on any atom is -0.496 e. The van der Waals surface area contributed by atoms with Gasteiger partial charge in [0.05, 0.1) is 18.4 Å². The van der Waals surface area contributed by atoms with Crippen molar-refractivity contribution in [3.8, 4) is 17.1 Å². The van der Waals surface area contributed by atoms with Crippen LogP contribution in [0.2, 0.25) is 0 Å². The molecule has 0 unspecified atom stereocenters. The van der Waals surface area contributed by atoms with Crippen LogP contribution in [0.4, 0.5) is 0 Å². The van der Waals surface area contributed by atoms with E-state index in [0.29, 0.717) is 22.6 Å². The number of aryl methyl sites for hydroxylation is 2. The summed E-state index contributed by atoms with van der Waals surface area (Å²) in [6.07, 6.45) is 1.74. The Morgan fingerprint density at radius 1 is 1.32 bits per heavy atom. The maximum Gasteiger partial charge on any atom is 0.277 e. The molecule has 0 aliphatic heterocycles. The lowest BCUT2D eigenvalue weighted by Gasteiger charge is -2.07. The normalized spacial score (nSPS) is 11.0. The highest BCUT2D eigenvalue weighted by Crippen LogP contribution is 2.27. The van der Waals surface area contributed by atoms with E-state index in [1.165, 1.54) is 0 Å². The molecular formula is C16H18N4O2. The van der Waals surface area contributed by atoms with Crippen LogP contribution in [-0.2, 0) is 13.5 Å². The van der Waals surface area contributed by atoms with Crippen LogP contribution in [0.15, 0.2) is 29.1 Å². The Bertz CT molecular complexity index is 879. The monoisotopic (exact) mass is 298 g/mol. The number of rotatable bonds is 4. The molecule has 3 rings (SSSR count). The Morgan fingerprint density at radius 3 is 2.82 bits per heavy atom. The molecule has 0 aliphatic carbocycles. The third-order valence-electron chi connectivity index (χ3n) is 3.61. The molecule has 6 nitrogen and oxygen atoms in total. The second kappa shape index (κ2) is 5.63. The molecule has 0 fully saturated rings. The third-order valence-corrected chi connectivity index (χ3v) is 3.61. The standard InChI is InChI=1S/C16H18N4O2/c1-4-7-11-13-14(20(2)19-11)16(21)18-15(17-13)10-8-5-6-9-12(10)22-3/h5-6,8-9H,4,7H2,1-3H3,(H,17,18,21). The van der Waals surface area contributed by atoms with Crippen molar-refractivity contribution in [3.63, 3.8) is 0 Å². The molecule has 0 saturated carbocycles. The molecule has 0 radical (unpaired) electrons. The van der Waals surface area contributed by atoms with Gasteiger partial charge in [0.2, 0.25) is 0 Å². The number of ether oxygens (including phenoxy) is 1. The number of methoxy groups -OCH3 is 1. The zero-order valence-corrected chi connectivity index (χ0v) is 12.9. The van der Waals surface area contributed by atoms with Crippen molar-refractivity contribution < 1.29 is 4.74 Å². The molecule has 3 aromatic rings. The predicted octanol–water partition coefficient (Wildman–Crippen LogP) is 2.28. The lowest BCUT2D eigenvalue weighted by molar-refractivity contribution is 0.416. The van der Waals surface area contributed by atoms with Crippen molar-refractivity contribution in [3.05, 3.63) is 40.3 Å². The average molecular weight is 298 g/mol. The van der Waals surface area contributed by atoms with E-state index in [2.05, 4.69) is 22.0 Å². The molecule has 0 atom stereocenters. The van der Waals surface area contributed by atoms with E-state index < -0.39 is 0 Å². The second-order valence-electron chi connectivity index (χ2n) is 5.13. The SMILES string of the molecule is CCCc1nn(C)c2c(=O)[nH]c(-c3ccccc3OC)nc12. The fourth-order valence-corrected chi connectivity index (χ4v) is 2.62. The Hall–Kier alpha value is -2.63. The quantitative estimate of drug-likeness (QED) is 0.802. The van der Waals surface area contributed by atoms with E-state index in [4.69, 9.17) is 4.74 Å². The minimum atomic E-state index is -0.191. The fraction of sp³-hybridized carbons (Fsp3) is 0.312. The molecular weight excluding hydrogens is 280 g/mol. The molecule has 1 N–H and O–H groups in total. The molecule has 22 heavy (non-hydrogen) atoms. The first kappa shape index (κ1) is 14.3. The lowest BCUT2D eigenvalue weighted by Crippen LogP contribution is -2.12. The van der Waals surface area contributed by atoms with Crippen LogP contribution in [0.1, 0.15) is 19.0 Å². The van der Waals surface area contributed by atoms with Crippen LogP contribution in [0, 0.1) is 0 Å². The topological polar surface area (TPSA) is 72.8 Å². The number of fused-ring (bicyclic) bond motifs is 1. The Morgan fingerprint density at radius 2 is 2.09 bits per heavy atom. The summed E-state index contributed by atoms with van der Waals surface area (Å²) < 4.78 is 6.95. The maximum atomic E-state index is 12.4. The zero-order chi connectivity index (χ0) is 15.7. The number of nitrogens with one attached hydrogen (secondary N) is 1. The van der Waals surface area contributed by atoms with Crippen LogP contribution in [0.25, 0.3) is 22.4 Å². The number of nitrogens with zero attached hydrogens (tertiary/aromatic N) is 3. The fourth-order valence-electron chi connectivity index (χ4n) is 2.62. The van der Waals surface area contributed by atoms with Gasteiger partial charge in [-0.2, -0.15) is 5.10 Å². The number of aromatic amines is 1. The summed E-state index contributed by atoms with van der Waals surface area (Å²) >= 11 is 0.